The fourth-order valence-electron chi connectivity index (χ4n) is 3.36. The highest BCUT2D eigenvalue weighted by atomic mass is 16.6. The number of nitro groups is 1. The molecule has 3 rings (SSSR count). The second-order valence-corrected chi connectivity index (χ2v) is 7.66. The average Bonchev–Trinajstić information content (AvgIpc) is 3.29. The normalized spacial score (nSPS) is 17.5. The monoisotopic (exact) mass is 410 g/mol. The first-order chi connectivity index (χ1) is 14.5. The molecule has 2 atom stereocenters. The summed E-state index contributed by atoms with van der Waals surface area (Å²) in [6.45, 7) is 7.09. The first kappa shape index (κ1) is 21.8. The van der Waals surface area contributed by atoms with Gasteiger partial charge in [0.05, 0.1) is 24.1 Å². The first-order valence-electron chi connectivity index (χ1n) is 10.5. The second-order valence-electron chi connectivity index (χ2n) is 7.66. The Bertz CT molecular complexity index is 844. The van der Waals surface area contributed by atoms with Crippen molar-refractivity contribution >= 4 is 11.6 Å². The summed E-state index contributed by atoms with van der Waals surface area (Å²) < 4.78 is 5.47. The van der Waals surface area contributed by atoms with Crippen molar-refractivity contribution in [2.24, 2.45) is 10.9 Å². The van der Waals surface area contributed by atoms with Crippen LogP contribution >= 0.6 is 0 Å². The van der Waals surface area contributed by atoms with Crippen LogP contribution in [0.3, 0.4) is 0 Å². The summed E-state index contributed by atoms with van der Waals surface area (Å²) in [6.07, 6.45) is 2.08. The molecule has 1 aliphatic rings. The maximum Gasteiger partial charge on any atom is 0.269 e. The molecular weight excluding hydrogens is 380 g/mol. The van der Waals surface area contributed by atoms with E-state index in [1.54, 1.807) is 12.1 Å². The van der Waals surface area contributed by atoms with Gasteiger partial charge in [0.2, 0.25) is 0 Å². The number of benzene rings is 2. The third-order valence-electron chi connectivity index (χ3n) is 5.39. The number of guanidine groups is 1. The van der Waals surface area contributed by atoms with Crippen LogP contribution < -0.4 is 10.6 Å². The molecule has 2 unspecified atom stereocenters. The molecule has 160 valence electrons. The molecule has 0 radical (unpaired) electrons. The number of nitrogens with one attached hydrogen (secondary N) is 2. The van der Waals surface area contributed by atoms with Crippen LogP contribution in [0.5, 0.6) is 0 Å². The quantitative estimate of drug-likeness (QED) is 0.297. The number of non-ortho nitro benzene ring substituents is 1. The van der Waals surface area contributed by atoms with Crippen molar-refractivity contribution in [2.75, 3.05) is 19.8 Å². The molecule has 1 aliphatic heterocycles. The number of rotatable bonds is 8. The molecular formula is C23H30N4O3. The van der Waals surface area contributed by atoms with Gasteiger partial charge in [-0.25, -0.2) is 4.99 Å². The van der Waals surface area contributed by atoms with Crippen LogP contribution in [0.25, 0.3) is 0 Å². The van der Waals surface area contributed by atoms with Gasteiger partial charge in [-0.05, 0) is 36.5 Å². The summed E-state index contributed by atoms with van der Waals surface area (Å²) in [7, 11) is 0. The van der Waals surface area contributed by atoms with Crippen molar-refractivity contribution in [3.8, 4) is 0 Å². The molecule has 0 amide bonds. The smallest absolute Gasteiger partial charge is 0.269 e. The van der Waals surface area contributed by atoms with Crippen LogP contribution in [0.1, 0.15) is 43.0 Å². The van der Waals surface area contributed by atoms with Crippen LogP contribution in [0, 0.1) is 16.0 Å². The van der Waals surface area contributed by atoms with E-state index in [0.717, 1.165) is 44.1 Å². The van der Waals surface area contributed by atoms with Crippen molar-refractivity contribution in [3.05, 3.63) is 75.3 Å². The fraction of sp³-hybridized carbons (Fsp3) is 0.435. The number of nitro benzene ring substituents is 1. The van der Waals surface area contributed by atoms with Crippen molar-refractivity contribution in [1.29, 1.82) is 0 Å². The lowest BCUT2D eigenvalue weighted by molar-refractivity contribution is -0.384. The molecule has 0 spiro atoms. The lowest BCUT2D eigenvalue weighted by Gasteiger charge is -2.20. The molecule has 7 heteroatoms. The Balaban J connectivity index is 1.67. The molecule has 7 nitrogen and oxygen atoms in total. The Kier molecular flexibility index (Phi) is 7.79. The van der Waals surface area contributed by atoms with E-state index in [4.69, 9.17) is 9.73 Å². The van der Waals surface area contributed by atoms with Crippen LogP contribution in [0.15, 0.2) is 53.5 Å². The Morgan fingerprint density at radius 1 is 1.20 bits per heavy atom. The number of hydrogen-bond acceptors (Lipinski definition) is 4. The predicted molar refractivity (Wildman–Crippen MR) is 119 cm³/mol. The topological polar surface area (TPSA) is 88.8 Å². The lowest BCUT2D eigenvalue weighted by atomic mass is 10.1. The van der Waals surface area contributed by atoms with E-state index in [-0.39, 0.29) is 11.7 Å². The SMILES string of the molecule is CCc1ccc(C(C)NC(=NCc2ccc([N+](=O)[O-])cc2)NCC2CCOC2)cc1. The van der Waals surface area contributed by atoms with Gasteiger partial charge in [0.1, 0.15) is 0 Å². The third-order valence-corrected chi connectivity index (χ3v) is 5.39. The Hall–Kier alpha value is -2.93. The zero-order valence-electron chi connectivity index (χ0n) is 17.6. The van der Waals surface area contributed by atoms with Gasteiger partial charge in [0.25, 0.3) is 5.69 Å². The van der Waals surface area contributed by atoms with E-state index in [1.165, 1.54) is 23.3 Å². The summed E-state index contributed by atoms with van der Waals surface area (Å²) in [5, 5.41) is 17.8. The largest absolute Gasteiger partial charge is 0.381 e. The van der Waals surface area contributed by atoms with Gasteiger partial charge in [0, 0.05) is 31.2 Å². The molecule has 1 heterocycles. The van der Waals surface area contributed by atoms with Crippen molar-refractivity contribution < 1.29 is 9.66 Å². The van der Waals surface area contributed by atoms with Gasteiger partial charge in [-0.3, -0.25) is 10.1 Å². The standard InChI is InChI=1S/C23H30N4O3/c1-3-18-4-8-21(9-5-18)17(2)26-23(25-15-20-12-13-30-16-20)24-14-19-6-10-22(11-7-19)27(28)29/h4-11,17,20H,3,12-16H2,1-2H3,(H2,24,25,26). The maximum absolute atomic E-state index is 10.8. The van der Waals surface area contributed by atoms with Gasteiger partial charge in [-0.1, -0.05) is 43.3 Å². The zero-order valence-corrected chi connectivity index (χ0v) is 17.6. The van der Waals surface area contributed by atoms with E-state index < -0.39 is 4.92 Å². The van der Waals surface area contributed by atoms with E-state index in [1.807, 2.05) is 0 Å². The van der Waals surface area contributed by atoms with Crippen molar-refractivity contribution in [1.82, 2.24) is 10.6 Å². The number of aryl methyl sites for hydroxylation is 1. The third kappa shape index (κ3) is 6.29. The van der Waals surface area contributed by atoms with Crippen LogP contribution in [0.2, 0.25) is 0 Å². The number of ether oxygens (including phenoxy) is 1. The molecule has 2 aromatic rings. The molecule has 1 saturated heterocycles. The minimum atomic E-state index is -0.392. The summed E-state index contributed by atoms with van der Waals surface area (Å²) in [6, 6.07) is 15.2. The van der Waals surface area contributed by atoms with Crippen molar-refractivity contribution in [2.45, 2.75) is 39.3 Å². The molecule has 0 saturated carbocycles. The summed E-state index contributed by atoms with van der Waals surface area (Å²) in [5.74, 6) is 1.21. The van der Waals surface area contributed by atoms with E-state index in [0.29, 0.717) is 12.5 Å². The predicted octanol–water partition coefficient (Wildman–Crippen LogP) is 3.99. The second kappa shape index (κ2) is 10.7. The van der Waals surface area contributed by atoms with Gasteiger partial charge in [-0.2, -0.15) is 0 Å². The maximum atomic E-state index is 10.8. The summed E-state index contributed by atoms with van der Waals surface area (Å²) >= 11 is 0. The molecule has 2 aromatic carbocycles. The van der Waals surface area contributed by atoms with Gasteiger partial charge in [-0.15, -0.1) is 0 Å². The minimum Gasteiger partial charge on any atom is -0.381 e. The lowest BCUT2D eigenvalue weighted by Crippen LogP contribution is -2.41. The molecule has 2 N–H and O–H groups in total. The molecule has 30 heavy (non-hydrogen) atoms. The van der Waals surface area contributed by atoms with Crippen molar-refractivity contribution in [3.63, 3.8) is 0 Å². The van der Waals surface area contributed by atoms with Crippen LogP contribution in [0.4, 0.5) is 5.69 Å². The van der Waals surface area contributed by atoms with Gasteiger partial charge < -0.3 is 15.4 Å². The van der Waals surface area contributed by atoms with Crippen LogP contribution in [-0.4, -0.2) is 30.6 Å². The summed E-state index contributed by atoms with van der Waals surface area (Å²) in [4.78, 5) is 15.2. The number of aliphatic imine (C=N–C) groups is 1. The van der Waals surface area contributed by atoms with Crippen LogP contribution in [-0.2, 0) is 17.7 Å². The van der Waals surface area contributed by atoms with E-state index in [9.17, 15) is 10.1 Å². The minimum absolute atomic E-state index is 0.0876. The zero-order chi connectivity index (χ0) is 21.3. The highest BCUT2D eigenvalue weighted by molar-refractivity contribution is 5.80. The van der Waals surface area contributed by atoms with E-state index >= 15 is 0 Å². The fourth-order valence-corrected chi connectivity index (χ4v) is 3.36. The summed E-state index contributed by atoms with van der Waals surface area (Å²) in [5.41, 5.74) is 3.52. The Labute approximate surface area is 177 Å². The number of hydrogen-bond donors (Lipinski definition) is 2. The number of nitrogens with zero attached hydrogens (tertiary/aromatic N) is 2. The molecule has 0 aromatic heterocycles. The molecule has 0 aliphatic carbocycles. The Morgan fingerprint density at radius 3 is 2.50 bits per heavy atom. The van der Waals surface area contributed by atoms with Gasteiger partial charge >= 0.3 is 0 Å². The van der Waals surface area contributed by atoms with E-state index in [2.05, 4.69) is 48.7 Å². The van der Waals surface area contributed by atoms with Gasteiger partial charge in [0.15, 0.2) is 5.96 Å². The average molecular weight is 411 g/mol. The highest BCUT2D eigenvalue weighted by Crippen LogP contribution is 2.15. The Morgan fingerprint density at radius 2 is 1.90 bits per heavy atom. The molecule has 0 bridgehead atoms. The first-order valence-corrected chi connectivity index (χ1v) is 10.5. The molecule has 1 fully saturated rings. The highest BCUT2D eigenvalue weighted by Gasteiger charge is 2.16.